The zero-order chi connectivity index (χ0) is 15.2. The molecule has 0 aliphatic carbocycles. The largest absolute Gasteiger partial charge is 0.378 e. The average molecular weight is 304 g/mol. The van der Waals surface area contributed by atoms with Crippen molar-refractivity contribution < 1.29 is 9.53 Å². The van der Waals surface area contributed by atoms with E-state index in [1.54, 1.807) is 0 Å². The lowest BCUT2D eigenvalue weighted by molar-refractivity contribution is -0.135. The fraction of sp³-hybridized carbons (Fsp3) is 0.562. The molecule has 1 aromatic rings. The molecule has 1 atom stereocenters. The van der Waals surface area contributed by atoms with Gasteiger partial charge in [0.2, 0.25) is 5.91 Å². The van der Waals surface area contributed by atoms with E-state index in [0.29, 0.717) is 6.54 Å². The predicted octanol–water partition coefficient (Wildman–Crippen LogP) is 0.218. The van der Waals surface area contributed by atoms with E-state index >= 15 is 0 Å². The topological polar surface area (TPSA) is 65.6 Å². The number of nitrogens with zero attached hydrogens (tertiary/aromatic N) is 1. The molecule has 1 amide bonds. The molecule has 0 aromatic heterocycles. The van der Waals surface area contributed by atoms with Gasteiger partial charge in [-0.05, 0) is 24.8 Å². The minimum atomic E-state index is -0.157. The number of carbonyl (C=O) groups excluding carboxylic acids is 1. The Labute approximate surface area is 131 Å². The number of nitrogens with one attached hydrogen (secondary N) is 3. The maximum atomic E-state index is 12.2. The van der Waals surface area contributed by atoms with E-state index in [9.17, 15) is 4.79 Å². The summed E-state index contributed by atoms with van der Waals surface area (Å²) in [6.45, 7) is 2.95. The molecule has 3 rings (SSSR count). The Kier molecular flexibility index (Phi) is 5.39. The first kappa shape index (κ1) is 15.4. The van der Waals surface area contributed by atoms with Crippen molar-refractivity contribution in [3.05, 3.63) is 35.9 Å². The molecule has 2 heterocycles. The smallest absolute Gasteiger partial charge is 0.242 e. The van der Waals surface area contributed by atoms with Crippen LogP contribution in [-0.2, 0) is 16.0 Å². The van der Waals surface area contributed by atoms with Crippen LogP contribution in [0.15, 0.2) is 30.3 Å². The van der Waals surface area contributed by atoms with Gasteiger partial charge in [0.15, 0.2) is 0 Å². The zero-order valence-electron chi connectivity index (χ0n) is 12.8. The van der Waals surface area contributed by atoms with Gasteiger partial charge in [-0.25, -0.2) is 10.9 Å². The van der Waals surface area contributed by atoms with E-state index in [-0.39, 0.29) is 18.1 Å². The van der Waals surface area contributed by atoms with Crippen LogP contribution in [0.1, 0.15) is 18.4 Å². The van der Waals surface area contributed by atoms with Gasteiger partial charge < -0.3 is 9.64 Å². The van der Waals surface area contributed by atoms with Gasteiger partial charge >= 0.3 is 0 Å². The first-order chi connectivity index (χ1) is 10.8. The van der Waals surface area contributed by atoms with Crippen molar-refractivity contribution in [1.82, 2.24) is 21.3 Å². The number of piperidine rings is 1. The highest BCUT2D eigenvalue weighted by Gasteiger charge is 2.30. The van der Waals surface area contributed by atoms with E-state index in [4.69, 9.17) is 4.74 Å². The van der Waals surface area contributed by atoms with Gasteiger partial charge in [0.25, 0.3) is 0 Å². The van der Waals surface area contributed by atoms with Crippen LogP contribution >= 0.6 is 0 Å². The van der Waals surface area contributed by atoms with Gasteiger partial charge in [0.05, 0.1) is 12.7 Å². The summed E-state index contributed by atoms with van der Waals surface area (Å²) in [7, 11) is 0. The molecule has 6 nitrogen and oxygen atoms in total. The molecule has 2 aliphatic heterocycles. The second-order valence-corrected chi connectivity index (χ2v) is 5.83. The monoisotopic (exact) mass is 304 g/mol. The molecule has 0 spiro atoms. The molecule has 1 aromatic carbocycles. The van der Waals surface area contributed by atoms with Crippen molar-refractivity contribution in [2.24, 2.45) is 0 Å². The van der Waals surface area contributed by atoms with Gasteiger partial charge in [-0.2, -0.15) is 5.53 Å². The summed E-state index contributed by atoms with van der Waals surface area (Å²) in [5.74, 6) is 0.167. The van der Waals surface area contributed by atoms with Gasteiger partial charge in [0, 0.05) is 19.6 Å². The molecule has 2 saturated heterocycles. The summed E-state index contributed by atoms with van der Waals surface area (Å²) in [5.41, 5.74) is 9.93. The summed E-state index contributed by atoms with van der Waals surface area (Å²) in [4.78, 5) is 14.2. The molecular weight excluding hydrogens is 280 g/mol. The summed E-state index contributed by atoms with van der Waals surface area (Å²) in [5, 5.41) is 0. The molecular formula is C16H24N4O2. The first-order valence-electron chi connectivity index (χ1n) is 8.00. The van der Waals surface area contributed by atoms with Crippen LogP contribution in [0.5, 0.6) is 0 Å². The molecule has 6 heteroatoms. The van der Waals surface area contributed by atoms with Gasteiger partial charge in [-0.3, -0.25) is 4.79 Å². The molecule has 1 unspecified atom stereocenters. The number of benzene rings is 1. The number of hydrogen-bond acceptors (Lipinski definition) is 5. The molecule has 0 radical (unpaired) electrons. The molecule has 2 fully saturated rings. The molecule has 3 N–H and O–H groups in total. The number of rotatable bonds is 5. The molecule has 120 valence electrons. The minimum Gasteiger partial charge on any atom is -0.378 e. The summed E-state index contributed by atoms with van der Waals surface area (Å²) < 4.78 is 5.96. The fourth-order valence-electron chi connectivity index (χ4n) is 2.94. The van der Waals surface area contributed by atoms with Crippen molar-refractivity contribution >= 4 is 5.91 Å². The molecule has 22 heavy (non-hydrogen) atoms. The molecule has 2 aliphatic rings. The van der Waals surface area contributed by atoms with Crippen LogP contribution in [0, 0.1) is 0 Å². The highest BCUT2D eigenvalue weighted by atomic mass is 16.5. The average Bonchev–Trinajstić information content (AvgIpc) is 3.10. The fourth-order valence-corrected chi connectivity index (χ4v) is 2.94. The second-order valence-electron chi connectivity index (χ2n) is 5.83. The third kappa shape index (κ3) is 4.04. The maximum Gasteiger partial charge on any atom is 0.242 e. The van der Waals surface area contributed by atoms with Crippen LogP contribution < -0.4 is 16.4 Å². The molecule has 0 saturated carbocycles. The maximum absolute atomic E-state index is 12.2. The van der Waals surface area contributed by atoms with E-state index in [1.807, 2.05) is 11.0 Å². The van der Waals surface area contributed by atoms with Gasteiger partial charge in [-0.1, -0.05) is 30.3 Å². The number of amides is 1. The van der Waals surface area contributed by atoms with Crippen molar-refractivity contribution in [2.45, 2.75) is 31.4 Å². The normalized spacial score (nSPS) is 22.9. The highest BCUT2D eigenvalue weighted by molar-refractivity contribution is 5.82. The van der Waals surface area contributed by atoms with E-state index < -0.39 is 0 Å². The number of hydrogen-bond donors (Lipinski definition) is 3. The van der Waals surface area contributed by atoms with Crippen LogP contribution in [0.3, 0.4) is 0 Å². The Morgan fingerprint density at radius 2 is 2.00 bits per heavy atom. The van der Waals surface area contributed by atoms with Gasteiger partial charge in [-0.15, -0.1) is 0 Å². The lowest BCUT2D eigenvalue weighted by atomic mass is 10.1. The Morgan fingerprint density at radius 1 is 1.23 bits per heavy atom. The van der Waals surface area contributed by atoms with Crippen molar-refractivity contribution in [1.29, 1.82) is 0 Å². The highest BCUT2D eigenvalue weighted by Crippen LogP contribution is 2.15. The van der Waals surface area contributed by atoms with Crippen LogP contribution in [-0.4, -0.2) is 49.2 Å². The SMILES string of the molecule is O=C(C1CNNN1)N1CCC(OCCc2ccccc2)CC1. The summed E-state index contributed by atoms with van der Waals surface area (Å²) >= 11 is 0. The van der Waals surface area contributed by atoms with Crippen LogP contribution in [0.2, 0.25) is 0 Å². The quantitative estimate of drug-likeness (QED) is 0.726. The number of hydrazine groups is 2. The number of ether oxygens (including phenoxy) is 1. The Morgan fingerprint density at radius 3 is 2.68 bits per heavy atom. The third-order valence-corrected chi connectivity index (χ3v) is 4.28. The predicted molar refractivity (Wildman–Crippen MR) is 83.8 cm³/mol. The van der Waals surface area contributed by atoms with Crippen molar-refractivity contribution in [3.63, 3.8) is 0 Å². The summed E-state index contributed by atoms with van der Waals surface area (Å²) in [6, 6.07) is 10.2. The number of likely N-dealkylation sites (tertiary alicyclic amines) is 1. The van der Waals surface area contributed by atoms with Crippen LogP contribution in [0.4, 0.5) is 0 Å². The van der Waals surface area contributed by atoms with Crippen molar-refractivity contribution in [2.75, 3.05) is 26.2 Å². The zero-order valence-corrected chi connectivity index (χ0v) is 12.8. The van der Waals surface area contributed by atoms with Crippen LogP contribution in [0.25, 0.3) is 0 Å². The number of carbonyl (C=O) groups is 1. The lowest BCUT2D eigenvalue weighted by Crippen LogP contribution is -2.50. The summed E-state index contributed by atoms with van der Waals surface area (Å²) in [6.07, 6.45) is 3.08. The lowest BCUT2D eigenvalue weighted by Gasteiger charge is -2.33. The first-order valence-corrected chi connectivity index (χ1v) is 8.00. The Bertz CT molecular complexity index is 468. The Balaban J connectivity index is 1.36. The second kappa shape index (κ2) is 7.69. The van der Waals surface area contributed by atoms with E-state index in [1.165, 1.54) is 5.56 Å². The third-order valence-electron chi connectivity index (χ3n) is 4.28. The Hall–Kier alpha value is -1.47. The minimum absolute atomic E-state index is 0.157. The van der Waals surface area contributed by atoms with E-state index in [2.05, 4.69) is 40.7 Å². The van der Waals surface area contributed by atoms with Crippen molar-refractivity contribution in [3.8, 4) is 0 Å². The van der Waals surface area contributed by atoms with Gasteiger partial charge in [0.1, 0.15) is 6.04 Å². The van der Waals surface area contributed by atoms with E-state index in [0.717, 1.165) is 39.0 Å². The standard InChI is InChI=1S/C16H24N4O2/c21-16(15-12-17-19-18-15)20-9-6-14(7-10-20)22-11-8-13-4-2-1-3-5-13/h1-5,14-15,17-19H,6-12H2. The molecule has 0 bridgehead atoms.